The van der Waals surface area contributed by atoms with Gasteiger partial charge in [0.15, 0.2) is 0 Å². The van der Waals surface area contributed by atoms with Crippen molar-refractivity contribution in [1.82, 2.24) is 4.90 Å². The van der Waals surface area contributed by atoms with Gasteiger partial charge in [-0.1, -0.05) is 43.7 Å². The molecule has 0 fully saturated rings. The van der Waals surface area contributed by atoms with Crippen LogP contribution in [0, 0.1) is 0 Å². The van der Waals surface area contributed by atoms with Crippen LogP contribution in [0.2, 0.25) is 0 Å². The zero-order valence-electron chi connectivity index (χ0n) is 11.2. The monoisotopic (exact) mass is 243 g/mol. The third kappa shape index (κ3) is 2.82. The van der Waals surface area contributed by atoms with Gasteiger partial charge in [0.05, 0.1) is 0 Å². The van der Waals surface area contributed by atoms with Crippen LogP contribution in [0.1, 0.15) is 25.3 Å². The van der Waals surface area contributed by atoms with Crippen molar-refractivity contribution in [1.29, 1.82) is 0 Å². The molecule has 2 heteroatoms. The third-order valence-electron chi connectivity index (χ3n) is 3.34. The zero-order valence-corrected chi connectivity index (χ0v) is 11.2. The Bertz CT molecular complexity index is 521. The molecular formula is C16H21NO. The van der Waals surface area contributed by atoms with Gasteiger partial charge in [-0.3, -0.25) is 0 Å². The molecule has 2 aromatic carbocycles. The molecule has 0 saturated heterocycles. The number of aromatic hydroxyl groups is 1. The van der Waals surface area contributed by atoms with E-state index in [9.17, 15) is 5.11 Å². The van der Waals surface area contributed by atoms with Crippen molar-refractivity contribution in [2.75, 3.05) is 13.6 Å². The number of rotatable bonds is 5. The summed E-state index contributed by atoms with van der Waals surface area (Å²) in [6.07, 6.45) is 2.40. The van der Waals surface area contributed by atoms with E-state index in [2.05, 4.69) is 31.0 Å². The molecule has 0 saturated carbocycles. The lowest BCUT2D eigenvalue weighted by atomic mass is 10.0. The lowest BCUT2D eigenvalue weighted by Crippen LogP contribution is -2.19. The van der Waals surface area contributed by atoms with E-state index < -0.39 is 0 Å². The number of benzene rings is 2. The van der Waals surface area contributed by atoms with E-state index in [1.807, 2.05) is 18.2 Å². The Balaban J connectivity index is 2.28. The number of phenolic OH excluding ortho intramolecular Hbond substituents is 1. The number of hydrogen-bond donors (Lipinski definition) is 1. The van der Waals surface area contributed by atoms with Gasteiger partial charge in [0, 0.05) is 12.1 Å². The van der Waals surface area contributed by atoms with Crippen LogP contribution in [0.4, 0.5) is 0 Å². The van der Waals surface area contributed by atoms with E-state index in [0.717, 1.165) is 24.0 Å². The van der Waals surface area contributed by atoms with Crippen LogP contribution in [0.15, 0.2) is 36.4 Å². The molecule has 0 bridgehead atoms. The van der Waals surface area contributed by atoms with E-state index in [4.69, 9.17) is 0 Å². The smallest absolute Gasteiger partial charge is 0.120 e. The molecular weight excluding hydrogens is 222 g/mol. The van der Waals surface area contributed by atoms with E-state index in [1.165, 1.54) is 18.2 Å². The van der Waals surface area contributed by atoms with Crippen LogP contribution >= 0.6 is 0 Å². The normalized spacial score (nSPS) is 11.3. The van der Waals surface area contributed by atoms with Gasteiger partial charge in [0.1, 0.15) is 5.75 Å². The van der Waals surface area contributed by atoms with Crippen LogP contribution in [0.3, 0.4) is 0 Å². The summed E-state index contributed by atoms with van der Waals surface area (Å²) in [6, 6.07) is 12.0. The molecule has 2 nitrogen and oxygen atoms in total. The van der Waals surface area contributed by atoms with Gasteiger partial charge in [-0.05, 0) is 36.9 Å². The molecule has 0 aliphatic carbocycles. The molecule has 18 heavy (non-hydrogen) atoms. The summed E-state index contributed by atoms with van der Waals surface area (Å²) in [5, 5.41) is 12.4. The highest BCUT2D eigenvalue weighted by Gasteiger charge is 2.09. The van der Waals surface area contributed by atoms with E-state index >= 15 is 0 Å². The SMILES string of the molecule is CCCCN(C)Cc1c(O)ccc2ccccc12. The van der Waals surface area contributed by atoms with Crippen molar-refractivity contribution >= 4 is 10.8 Å². The van der Waals surface area contributed by atoms with E-state index in [0.29, 0.717) is 5.75 Å². The summed E-state index contributed by atoms with van der Waals surface area (Å²) >= 11 is 0. The van der Waals surface area contributed by atoms with Crippen LogP contribution in [-0.4, -0.2) is 23.6 Å². The van der Waals surface area contributed by atoms with Gasteiger partial charge < -0.3 is 10.0 Å². The van der Waals surface area contributed by atoms with Crippen molar-refractivity contribution in [3.05, 3.63) is 42.0 Å². The average Bonchev–Trinajstić information content (AvgIpc) is 2.40. The zero-order chi connectivity index (χ0) is 13.0. The van der Waals surface area contributed by atoms with Gasteiger partial charge in [0.2, 0.25) is 0 Å². The van der Waals surface area contributed by atoms with E-state index in [1.54, 1.807) is 6.07 Å². The number of hydrogen-bond acceptors (Lipinski definition) is 2. The Kier molecular flexibility index (Phi) is 4.21. The molecule has 0 atom stereocenters. The molecule has 0 aliphatic heterocycles. The molecule has 0 amide bonds. The third-order valence-corrected chi connectivity index (χ3v) is 3.34. The maximum atomic E-state index is 10.1. The maximum Gasteiger partial charge on any atom is 0.120 e. The van der Waals surface area contributed by atoms with Crippen LogP contribution in [-0.2, 0) is 6.54 Å². The Morgan fingerprint density at radius 1 is 1.11 bits per heavy atom. The highest BCUT2D eigenvalue weighted by atomic mass is 16.3. The summed E-state index contributed by atoms with van der Waals surface area (Å²) in [5.74, 6) is 0.400. The summed E-state index contributed by atoms with van der Waals surface area (Å²) < 4.78 is 0. The molecule has 0 aliphatic rings. The van der Waals surface area contributed by atoms with Gasteiger partial charge in [-0.15, -0.1) is 0 Å². The first-order valence-corrected chi connectivity index (χ1v) is 6.60. The Labute approximate surface area is 109 Å². The van der Waals surface area contributed by atoms with E-state index in [-0.39, 0.29) is 0 Å². The minimum absolute atomic E-state index is 0.400. The predicted molar refractivity (Wildman–Crippen MR) is 76.9 cm³/mol. The Morgan fingerprint density at radius 3 is 2.67 bits per heavy atom. The van der Waals surface area contributed by atoms with Crippen molar-refractivity contribution in [3.63, 3.8) is 0 Å². The molecule has 1 N–H and O–H groups in total. The summed E-state index contributed by atoms with van der Waals surface area (Å²) in [5.41, 5.74) is 1.03. The predicted octanol–water partition coefficient (Wildman–Crippen LogP) is 3.78. The summed E-state index contributed by atoms with van der Waals surface area (Å²) in [4.78, 5) is 2.27. The van der Waals surface area contributed by atoms with Gasteiger partial charge in [0.25, 0.3) is 0 Å². The number of unbranched alkanes of at least 4 members (excludes halogenated alkanes) is 1. The lowest BCUT2D eigenvalue weighted by Gasteiger charge is -2.18. The Hall–Kier alpha value is -1.54. The first-order chi connectivity index (χ1) is 8.72. The highest BCUT2D eigenvalue weighted by Crippen LogP contribution is 2.28. The molecule has 2 aromatic rings. The fraction of sp³-hybridized carbons (Fsp3) is 0.375. The molecule has 96 valence electrons. The molecule has 0 spiro atoms. The molecule has 2 rings (SSSR count). The molecule has 0 aromatic heterocycles. The van der Waals surface area contributed by atoms with Crippen LogP contribution in [0.5, 0.6) is 5.75 Å². The number of fused-ring (bicyclic) bond motifs is 1. The average molecular weight is 243 g/mol. The van der Waals surface area contributed by atoms with Gasteiger partial charge in [-0.25, -0.2) is 0 Å². The quantitative estimate of drug-likeness (QED) is 0.864. The van der Waals surface area contributed by atoms with Crippen molar-refractivity contribution in [2.24, 2.45) is 0 Å². The second-order valence-corrected chi connectivity index (χ2v) is 4.88. The minimum atomic E-state index is 0.400. The fourth-order valence-corrected chi connectivity index (χ4v) is 2.27. The standard InChI is InChI=1S/C16H21NO/c1-3-4-11-17(2)12-15-14-8-6-5-7-13(14)9-10-16(15)18/h5-10,18H,3-4,11-12H2,1-2H3. The highest BCUT2D eigenvalue weighted by molar-refractivity contribution is 5.87. The first kappa shape index (κ1) is 12.9. The lowest BCUT2D eigenvalue weighted by molar-refractivity contribution is 0.316. The molecule has 0 radical (unpaired) electrons. The van der Waals surface area contributed by atoms with Gasteiger partial charge >= 0.3 is 0 Å². The second-order valence-electron chi connectivity index (χ2n) is 4.88. The first-order valence-electron chi connectivity index (χ1n) is 6.60. The summed E-state index contributed by atoms with van der Waals surface area (Å²) in [6.45, 7) is 4.07. The molecule has 0 unspecified atom stereocenters. The summed E-state index contributed by atoms with van der Waals surface area (Å²) in [7, 11) is 2.11. The Morgan fingerprint density at radius 2 is 1.89 bits per heavy atom. The van der Waals surface area contributed by atoms with Crippen LogP contribution in [0.25, 0.3) is 10.8 Å². The largest absolute Gasteiger partial charge is 0.508 e. The van der Waals surface area contributed by atoms with Crippen LogP contribution < -0.4 is 0 Å². The minimum Gasteiger partial charge on any atom is -0.508 e. The maximum absolute atomic E-state index is 10.1. The number of phenols is 1. The number of nitrogens with zero attached hydrogens (tertiary/aromatic N) is 1. The fourth-order valence-electron chi connectivity index (χ4n) is 2.27. The van der Waals surface area contributed by atoms with Gasteiger partial charge in [-0.2, -0.15) is 0 Å². The second kappa shape index (κ2) is 5.87. The molecule has 0 heterocycles. The van der Waals surface area contributed by atoms with Crippen molar-refractivity contribution in [3.8, 4) is 5.75 Å². The topological polar surface area (TPSA) is 23.5 Å². The van der Waals surface area contributed by atoms with Crippen molar-refractivity contribution in [2.45, 2.75) is 26.3 Å². The van der Waals surface area contributed by atoms with Crippen molar-refractivity contribution < 1.29 is 5.11 Å².